The van der Waals surface area contributed by atoms with Gasteiger partial charge in [-0.1, -0.05) is 22.9 Å². The summed E-state index contributed by atoms with van der Waals surface area (Å²) >= 11 is 3.35. The summed E-state index contributed by atoms with van der Waals surface area (Å²) in [5.74, 6) is 0.668. The summed E-state index contributed by atoms with van der Waals surface area (Å²) in [5, 5.41) is 0. The smallest absolute Gasteiger partial charge is 0.305 e. The second-order valence-electron chi connectivity index (χ2n) is 3.63. The normalized spacial score (nSPS) is 10.0. The number of carbonyl (C=O) groups excluding carboxylic acids is 1. The molecule has 4 heteroatoms. The van der Waals surface area contributed by atoms with Gasteiger partial charge >= 0.3 is 5.97 Å². The molecule has 0 N–H and O–H groups in total. The molecule has 0 heterocycles. The summed E-state index contributed by atoms with van der Waals surface area (Å²) in [6, 6.07) is 7.62. The molecule has 0 aliphatic heterocycles. The molecule has 94 valence electrons. The zero-order chi connectivity index (χ0) is 12.5. The maximum absolute atomic E-state index is 11.2. The van der Waals surface area contributed by atoms with Crippen LogP contribution in [0, 0.1) is 0 Å². The highest BCUT2D eigenvalue weighted by molar-refractivity contribution is 9.10. The van der Waals surface area contributed by atoms with E-state index in [2.05, 4.69) is 15.9 Å². The minimum absolute atomic E-state index is 0.147. The summed E-state index contributed by atoms with van der Waals surface area (Å²) in [6.45, 7) is 3.01. The van der Waals surface area contributed by atoms with Gasteiger partial charge in [-0.25, -0.2) is 0 Å². The zero-order valence-electron chi connectivity index (χ0n) is 9.95. The molecule has 0 aromatic heterocycles. The standard InChI is InChI=1S/C13H17BrO3/c1-2-9-17-13(15)4-3-10-16-12-7-5-11(14)6-8-12/h5-8H,2-4,9-10H2,1H3. The maximum Gasteiger partial charge on any atom is 0.305 e. The van der Waals surface area contributed by atoms with E-state index in [-0.39, 0.29) is 5.97 Å². The molecule has 1 aromatic rings. The summed E-state index contributed by atoms with van der Waals surface area (Å²) in [4.78, 5) is 11.2. The van der Waals surface area contributed by atoms with Gasteiger partial charge in [0.2, 0.25) is 0 Å². The third-order valence-electron chi connectivity index (χ3n) is 2.07. The summed E-state index contributed by atoms with van der Waals surface area (Å²) < 4.78 is 11.5. The van der Waals surface area contributed by atoms with Crippen LogP contribution in [0.3, 0.4) is 0 Å². The van der Waals surface area contributed by atoms with Crippen molar-refractivity contribution in [3.63, 3.8) is 0 Å². The molecule has 0 unspecified atom stereocenters. The number of ether oxygens (including phenoxy) is 2. The Bertz CT molecular complexity index is 335. The van der Waals surface area contributed by atoms with Crippen LogP contribution < -0.4 is 4.74 Å². The van der Waals surface area contributed by atoms with E-state index < -0.39 is 0 Å². The van der Waals surface area contributed by atoms with Crippen molar-refractivity contribution < 1.29 is 14.3 Å². The van der Waals surface area contributed by atoms with Gasteiger partial charge in [0, 0.05) is 10.9 Å². The van der Waals surface area contributed by atoms with Crippen molar-refractivity contribution in [3.8, 4) is 5.75 Å². The molecule has 0 fully saturated rings. The van der Waals surface area contributed by atoms with Crippen molar-refractivity contribution in [2.75, 3.05) is 13.2 Å². The quantitative estimate of drug-likeness (QED) is 0.570. The number of halogens is 1. The Morgan fingerprint density at radius 3 is 2.59 bits per heavy atom. The molecular formula is C13H17BrO3. The van der Waals surface area contributed by atoms with Crippen LogP contribution in [-0.2, 0) is 9.53 Å². The predicted octanol–water partition coefficient (Wildman–Crippen LogP) is 3.56. The SMILES string of the molecule is CCCOC(=O)CCCOc1ccc(Br)cc1. The van der Waals surface area contributed by atoms with E-state index in [4.69, 9.17) is 9.47 Å². The van der Waals surface area contributed by atoms with Crippen molar-refractivity contribution >= 4 is 21.9 Å². The van der Waals surface area contributed by atoms with Crippen molar-refractivity contribution in [1.29, 1.82) is 0 Å². The van der Waals surface area contributed by atoms with Crippen molar-refractivity contribution in [2.24, 2.45) is 0 Å². The molecule has 0 aliphatic carbocycles. The third-order valence-corrected chi connectivity index (χ3v) is 2.60. The van der Waals surface area contributed by atoms with Gasteiger partial charge in [0.1, 0.15) is 5.75 Å². The molecule has 0 spiro atoms. The van der Waals surface area contributed by atoms with E-state index in [1.54, 1.807) is 0 Å². The van der Waals surface area contributed by atoms with Crippen LogP contribution in [0.25, 0.3) is 0 Å². The van der Waals surface area contributed by atoms with Crippen molar-refractivity contribution in [1.82, 2.24) is 0 Å². The van der Waals surface area contributed by atoms with Crippen LogP contribution in [0.5, 0.6) is 5.75 Å². The first kappa shape index (κ1) is 14.0. The van der Waals surface area contributed by atoms with Crippen LogP contribution in [-0.4, -0.2) is 19.2 Å². The predicted molar refractivity (Wildman–Crippen MR) is 70.1 cm³/mol. The monoisotopic (exact) mass is 300 g/mol. The Morgan fingerprint density at radius 1 is 1.24 bits per heavy atom. The lowest BCUT2D eigenvalue weighted by molar-refractivity contribution is -0.143. The van der Waals surface area contributed by atoms with E-state index in [1.807, 2.05) is 31.2 Å². The van der Waals surface area contributed by atoms with E-state index in [0.717, 1.165) is 16.6 Å². The second kappa shape index (κ2) is 8.12. The van der Waals surface area contributed by atoms with Gasteiger partial charge in [-0.05, 0) is 37.1 Å². The number of hydrogen-bond acceptors (Lipinski definition) is 3. The number of rotatable bonds is 7. The molecule has 0 saturated carbocycles. The van der Waals surface area contributed by atoms with E-state index >= 15 is 0 Å². The maximum atomic E-state index is 11.2. The summed E-state index contributed by atoms with van der Waals surface area (Å²) in [6.07, 6.45) is 1.95. The number of benzene rings is 1. The fraction of sp³-hybridized carbons (Fsp3) is 0.462. The van der Waals surface area contributed by atoms with Gasteiger partial charge in [-0.2, -0.15) is 0 Å². The molecular weight excluding hydrogens is 284 g/mol. The van der Waals surface area contributed by atoms with Gasteiger partial charge in [-0.15, -0.1) is 0 Å². The van der Waals surface area contributed by atoms with Crippen LogP contribution in [0.4, 0.5) is 0 Å². The zero-order valence-corrected chi connectivity index (χ0v) is 11.5. The first-order valence-corrected chi connectivity index (χ1v) is 6.55. The van der Waals surface area contributed by atoms with Crippen LogP contribution in [0.2, 0.25) is 0 Å². The first-order chi connectivity index (χ1) is 8.22. The molecule has 0 bridgehead atoms. The second-order valence-corrected chi connectivity index (χ2v) is 4.54. The third kappa shape index (κ3) is 6.31. The molecule has 3 nitrogen and oxygen atoms in total. The fourth-order valence-corrected chi connectivity index (χ4v) is 1.49. The van der Waals surface area contributed by atoms with Gasteiger partial charge in [0.05, 0.1) is 13.2 Å². The lowest BCUT2D eigenvalue weighted by Gasteiger charge is -2.06. The van der Waals surface area contributed by atoms with E-state index in [1.165, 1.54) is 0 Å². The minimum Gasteiger partial charge on any atom is -0.494 e. The number of hydrogen-bond donors (Lipinski definition) is 0. The lowest BCUT2D eigenvalue weighted by Crippen LogP contribution is -2.07. The molecule has 1 aromatic carbocycles. The lowest BCUT2D eigenvalue weighted by atomic mass is 10.3. The Labute approximate surface area is 110 Å². The Kier molecular flexibility index (Phi) is 6.70. The number of carbonyl (C=O) groups is 1. The topological polar surface area (TPSA) is 35.5 Å². The minimum atomic E-state index is -0.147. The van der Waals surface area contributed by atoms with Gasteiger partial charge in [-0.3, -0.25) is 4.79 Å². The first-order valence-electron chi connectivity index (χ1n) is 5.76. The summed E-state index contributed by atoms with van der Waals surface area (Å²) in [7, 11) is 0. The molecule has 0 amide bonds. The van der Waals surface area contributed by atoms with Gasteiger partial charge < -0.3 is 9.47 Å². The van der Waals surface area contributed by atoms with Crippen molar-refractivity contribution in [2.45, 2.75) is 26.2 Å². The van der Waals surface area contributed by atoms with Crippen molar-refractivity contribution in [3.05, 3.63) is 28.7 Å². The Morgan fingerprint density at radius 2 is 1.94 bits per heavy atom. The highest BCUT2D eigenvalue weighted by Gasteiger charge is 2.02. The Hall–Kier alpha value is -1.03. The average Bonchev–Trinajstić information content (AvgIpc) is 2.34. The molecule has 17 heavy (non-hydrogen) atoms. The Balaban J connectivity index is 2.11. The van der Waals surface area contributed by atoms with Crippen LogP contribution >= 0.6 is 15.9 Å². The molecule has 0 saturated heterocycles. The largest absolute Gasteiger partial charge is 0.494 e. The molecule has 0 radical (unpaired) electrons. The molecule has 0 aliphatic rings. The molecule has 1 rings (SSSR count). The van der Waals surface area contributed by atoms with E-state index in [0.29, 0.717) is 26.1 Å². The molecule has 0 atom stereocenters. The fourth-order valence-electron chi connectivity index (χ4n) is 1.23. The van der Waals surface area contributed by atoms with E-state index in [9.17, 15) is 4.79 Å². The van der Waals surface area contributed by atoms with Crippen LogP contribution in [0.1, 0.15) is 26.2 Å². The summed E-state index contributed by atoms with van der Waals surface area (Å²) in [5.41, 5.74) is 0. The van der Waals surface area contributed by atoms with Gasteiger partial charge in [0.15, 0.2) is 0 Å². The van der Waals surface area contributed by atoms with Crippen LogP contribution in [0.15, 0.2) is 28.7 Å². The number of esters is 1. The van der Waals surface area contributed by atoms with Gasteiger partial charge in [0.25, 0.3) is 0 Å². The highest BCUT2D eigenvalue weighted by atomic mass is 79.9. The average molecular weight is 301 g/mol. The highest BCUT2D eigenvalue weighted by Crippen LogP contribution is 2.16.